The van der Waals surface area contributed by atoms with Crippen molar-refractivity contribution in [1.29, 1.82) is 0 Å². The van der Waals surface area contributed by atoms with Crippen molar-refractivity contribution < 1.29 is 4.92 Å². The maximum Gasteiger partial charge on any atom is 0.295 e. The van der Waals surface area contributed by atoms with Crippen molar-refractivity contribution >= 4 is 41.1 Å². The summed E-state index contributed by atoms with van der Waals surface area (Å²) in [4.78, 5) is 10.5. The van der Waals surface area contributed by atoms with Crippen LogP contribution in [0.4, 0.5) is 17.1 Å². The third-order valence-corrected chi connectivity index (χ3v) is 3.07. The smallest absolute Gasteiger partial charge is 0.278 e. The molecular formula is C15H14ClN5O2. The second-order valence-corrected chi connectivity index (χ2v) is 4.87. The lowest BCUT2D eigenvalue weighted by Gasteiger charge is -2.12. The van der Waals surface area contributed by atoms with E-state index < -0.39 is 4.92 Å². The average molecular weight is 332 g/mol. The van der Waals surface area contributed by atoms with Crippen LogP contribution in [0, 0.1) is 10.1 Å². The van der Waals surface area contributed by atoms with Crippen molar-refractivity contribution in [2.24, 2.45) is 10.2 Å². The monoisotopic (exact) mass is 331 g/mol. The van der Waals surface area contributed by atoms with Crippen LogP contribution in [0.25, 0.3) is 0 Å². The molecule has 0 fully saturated rings. The van der Waals surface area contributed by atoms with Crippen molar-refractivity contribution in [1.82, 2.24) is 0 Å². The SMILES string of the molecule is CN(/N=C/C=N/Nc1ccccc1)c1ccc(Cl)cc1[N+](=O)[O-]. The van der Waals surface area contributed by atoms with E-state index in [1.165, 1.54) is 29.6 Å². The molecular weight excluding hydrogens is 318 g/mol. The number of hydrogen-bond acceptors (Lipinski definition) is 6. The molecule has 8 heteroatoms. The van der Waals surface area contributed by atoms with Crippen LogP contribution in [0.2, 0.25) is 5.02 Å². The van der Waals surface area contributed by atoms with Crippen LogP contribution in [0.1, 0.15) is 0 Å². The Morgan fingerprint density at radius 3 is 2.65 bits per heavy atom. The van der Waals surface area contributed by atoms with Gasteiger partial charge < -0.3 is 0 Å². The largest absolute Gasteiger partial charge is 0.295 e. The Morgan fingerprint density at radius 2 is 1.96 bits per heavy atom. The van der Waals surface area contributed by atoms with Gasteiger partial charge in [0.05, 0.1) is 23.0 Å². The summed E-state index contributed by atoms with van der Waals surface area (Å²) in [5.41, 5.74) is 3.89. The highest BCUT2D eigenvalue weighted by molar-refractivity contribution is 6.30. The van der Waals surface area contributed by atoms with Gasteiger partial charge in [0.1, 0.15) is 5.69 Å². The van der Waals surface area contributed by atoms with E-state index in [9.17, 15) is 10.1 Å². The number of nitrogens with one attached hydrogen (secondary N) is 1. The van der Waals surface area contributed by atoms with E-state index in [2.05, 4.69) is 15.6 Å². The Kier molecular flexibility index (Phi) is 5.65. The fourth-order valence-corrected chi connectivity index (χ4v) is 1.93. The molecule has 1 N–H and O–H groups in total. The van der Waals surface area contributed by atoms with Crippen LogP contribution >= 0.6 is 11.6 Å². The van der Waals surface area contributed by atoms with E-state index in [4.69, 9.17) is 11.6 Å². The molecule has 0 aliphatic carbocycles. The number of nitrogens with zero attached hydrogens (tertiary/aromatic N) is 4. The molecule has 0 atom stereocenters. The van der Waals surface area contributed by atoms with Crippen LogP contribution in [0.15, 0.2) is 58.7 Å². The van der Waals surface area contributed by atoms with Gasteiger partial charge in [0.25, 0.3) is 5.69 Å². The molecule has 0 aliphatic heterocycles. The summed E-state index contributed by atoms with van der Waals surface area (Å²) in [6.45, 7) is 0. The number of nitro benzene ring substituents is 1. The van der Waals surface area contributed by atoms with E-state index in [0.29, 0.717) is 10.7 Å². The molecule has 0 spiro atoms. The van der Waals surface area contributed by atoms with Crippen molar-refractivity contribution in [3.8, 4) is 0 Å². The second kappa shape index (κ2) is 7.90. The number of para-hydroxylation sites is 1. The van der Waals surface area contributed by atoms with Crippen molar-refractivity contribution in [3.63, 3.8) is 0 Å². The van der Waals surface area contributed by atoms with Crippen LogP contribution in [-0.2, 0) is 0 Å². The van der Waals surface area contributed by atoms with Gasteiger partial charge in [-0.15, -0.1) is 0 Å². The fourth-order valence-electron chi connectivity index (χ4n) is 1.77. The molecule has 0 heterocycles. The predicted octanol–water partition coefficient (Wildman–Crippen LogP) is 3.77. The highest BCUT2D eigenvalue weighted by Gasteiger charge is 2.16. The highest BCUT2D eigenvalue weighted by atomic mass is 35.5. The minimum atomic E-state index is -0.502. The van der Waals surface area contributed by atoms with E-state index in [1.54, 1.807) is 13.1 Å². The third-order valence-electron chi connectivity index (χ3n) is 2.83. The third kappa shape index (κ3) is 4.79. The number of rotatable bonds is 6. The number of anilines is 2. The molecule has 0 radical (unpaired) electrons. The average Bonchev–Trinajstić information content (AvgIpc) is 2.55. The van der Waals surface area contributed by atoms with Crippen LogP contribution < -0.4 is 10.4 Å². The van der Waals surface area contributed by atoms with Crippen LogP contribution in [0.3, 0.4) is 0 Å². The molecule has 7 nitrogen and oxygen atoms in total. The Morgan fingerprint density at radius 1 is 1.22 bits per heavy atom. The molecule has 2 aromatic rings. The summed E-state index contributed by atoms with van der Waals surface area (Å²) in [5.74, 6) is 0. The molecule has 0 amide bonds. The Bertz CT molecular complexity index is 734. The predicted molar refractivity (Wildman–Crippen MR) is 93.6 cm³/mol. The van der Waals surface area contributed by atoms with Gasteiger partial charge >= 0.3 is 0 Å². The Balaban J connectivity index is 2.01. The summed E-state index contributed by atoms with van der Waals surface area (Å²) >= 11 is 5.78. The van der Waals surface area contributed by atoms with Gasteiger partial charge in [-0.1, -0.05) is 29.8 Å². The van der Waals surface area contributed by atoms with Crippen LogP contribution in [0.5, 0.6) is 0 Å². The van der Waals surface area contributed by atoms with Gasteiger partial charge in [-0.25, -0.2) is 0 Å². The molecule has 23 heavy (non-hydrogen) atoms. The summed E-state index contributed by atoms with van der Waals surface area (Å²) in [6.07, 6.45) is 2.87. The summed E-state index contributed by atoms with van der Waals surface area (Å²) in [7, 11) is 1.60. The van der Waals surface area contributed by atoms with Gasteiger partial charge in [-0.05, 0) is 24.3 Å². The van der Waals surface area contributed by atoms with E-state index in [1.807, 2.05) is 30.3 Å². The number of hydrazone groups is 2. The first-order chi connectivity index (χ1) is 11.1. The molecule has 2 rings (SSSR count). The maximum absolute atomic E-state index is 11.0. The highest BCUT2D eigenvalue weighted by Crippen LogP contribution is 2.30. The number of hydrogen-bond donors (Lipinski definition) is 1. The van der Waals surface area contributed by atoms with Crippen molar-refractivity contribution in [2.45, 2.75) is 0 Å². The normalized spacial score (nSPS) is 11.0. The molecule has 0 saturated heterocycles. The van der Waals surface area contributed by atoms with Crippen molar-refractivity contribution in [2.75, 3.05) is 17.5 Å². The number of benzene rings is 2. The Hall–Kier alpha value is -2.93. The zero-order valence-corrected chi connectivity index (χ0v) is 13.0. The second-order valence-electron chi connectivity index (χ2n) is 4.43. The first-order valence-corrected chi connectivity index (χ1v) is 7.00. The van der Waals surface area contributed by atoms with Gasteiger partial charge in [0.15, 0.2) is 0 Å². The Labute approximate surface area is 138 Å². The first kappa shape index (κ1) is 16.4. The van der Waals surface area contributed by atoms with Gasteiger partial charge in [0, 0.05) is 18.1 Å². The van der Waals surface area contributed by atoms with Gasteiger partial charge in [-0.2, -0.15) is 10.2 Å². The summed E-state index contributed by atoms with van der Waals surface area (Å²) in [6, 6.07) is 13.8. The topological polar surface area (TPSA) is 83.1 Å². The lowest BCUT2D eigenvalue weighted by atomic mass is 10.2. The molecule has 0 aliphatic rings. The van der Waals surface area contributed by atoms with Crippen LogP contribution in [-0.4, -0.2) is 24.4 Å². The molecule has 0 bridgehead atoms. The molecule has 0 unspecified atom stereocenters. The minimum absolute atomic E-state index is 0.114. The molecule has 0 saturated carbocycles. The lowest BCUT2D eigenvalue weighted by Crippen LogP contribution is -2.11. The summed E-state index contributed by atoms with van der Waals surface area (Å²) in [5, 5.41) is 20.8. The maximum atomic E-state index is 11.0. The van der Waals surface area contributed by atoms with E-state index in [-0.39, 0.29) is 5.69 Å². The molecule has 0 aromatic heterocycles. The summed E-state index contributed by atoms with van der Waals surface area (Å²) < 4.78 is 0. The standard InChI is InChI=1S/C15H14ClN5O2/c1-20(14-8-7-12(16)11-15(14)21(22)23)18-10-9-17-19-13-5-3-2-4-6-13/h2-11,19H,1H3/b17-9+,18-10+. The van der Waals surface area contributed by atoms with Gasteiger partial charge in [0.2, 0.25) is 0 Å². The minimum Gasteiger partial charge on any atom is -0.278 e. The number of nitro groups is 1. The van der Waals surface area contributed by atoms with Gasteiger partial charge in [-0.3, -0.25) is 20.5 Å². The van der Waals surface area contributed by atoms with Crippen molar-refractivity contribution in [3.05, 3.63) is 63.7 Å². The number of halogens is 1. The zero-order valence-electron chi connectivity index (χ0n) is 12.3. The molecule has 118 valence electrons. The quantitative estimate of drug-likeness (QED) is 0.496. The fraction of sp³-hybridized carbons (Fsp3) is 0.0667. The molecule has 2 aromatic carbocycles. The zero-order chi connectivity index (χ0) is 16.7. The lowest BCUT2D eigenvalue weighted by molar-refractivity contribution is -0.384. The van der Waals surface area contributed by atoms with E-state index >= 15 is 0 Å². The first-order valence-electron chi connectivity index (χ1n) is 6.62. The van der Waals surface area contributed by atoms with E-state index in [0.717, 1.165) is 5.69 Å².